The summed E-state index contributed by atoms with van der Waals surface area (Å²) < 4.78 is 5.82. The maximum absolute atomic E-state index is 13.6. The zero-order valence-corrected chi connectivity index (χ0v) is 22.2. The summed E-state index contributed by atoms with van der Waals surface area (Å²) in [6.07, 6.45) is 2.19. The second-order valence-electron chi connectivity index (χ2n) is 8.66. The summed E-state index contributed by atoms with van der Waals surface area (Å²) >= 11 is 12.6. The van der Waals surface area contributed by atoms with Crippen molar-refractivity contribution in [1.29, 1.82) is 0 Å². The Labute approximate surface area is 223 Å². The van der Waals surface area contributed by atoms with Crippen LogP contribution in [0.4, 0.5) is 0 Å². The van der Waals surface area contributed by atoms with Crippen molar-refractivity contribution in [3.63, 3.8) is 0 Å². The Bertz CT molecular complexity index is 1150. The molecule has 7 heteroatoms. The van der Waals surface area contributed by atoms with E-state index < -0.39 is 6.04 Å². The molecule has 1 atom stereocenters. The van der Waals surface area contributed by atoms with Gasteiger partial charge in [-0.1, -0.05) is 85.1 Å². The van der Waals surface area contributed by atoms with Crippen molar-refractivity contribution in [2.75, 3.05) is 13.2 Å². The number of unbranched alkanes of at least 4 members (excludes halogenated alkanes) is 1. The number of ether oxygens (including phenoxy) is 1. The Morgan fingerprint density at radius 2 is 1.69 bits per heavy atom. The number of carbonyl (C=O) groups excluding carboxylic acids is 2. The first-order chi connectivity index (χ1) is 17.4. The van der Waals surface area contributed by atoms with Gasteiger partial charge in [0.2, 0.25) is 5.91 Å². The van der Waals surface area contributed by atoms with Crippen LogP contribution in [0.3, 0.4) is 0 Å². The highest BCUT2D eigenvalue weighted by molar-refractivity contribution is 6.31. The number of nitrogens with one attached hydrogen (secondary N) is 1. The maximum Gasteiger partial charge on any atom is 0.261 e. The molecule has 0 aliphatic carbocycles. The van der Waals surface area contributed by atoms with Crippen molar-refractivity contribution < 1.29 is 14.3 Å². The van der Waals surface area contributed by atoms with Gasteiger partial charge in [0.05, 0.1) is 0 Å². The Hall–Kier alpha value is -3.02. The van der Waals surface area contributed by atoms with Gasteiger partial charge in [-0.2, -0.15) is 0 Å². The van der Waals surface area contributed by atoms with Crippen molar-refractivity contribution in [3.05, 3.63) is 99.5 Å². The molecular weight excluding hydrogens is 495 g/mol. The van der Waals surface area contributed by atoms with E-state index in [-0.39, 0.29) is 25.0 Å². The summed E-state index contributed by atoms with van der Waals surface area (Å²) in [6, 6.07) is 21.5. The van der Waals surface area contributed by atoms with Crippen LogP contribution < -0.4 is 10.1 Å². The van der Waals surface area contributed by atoms with Gasteiger partial charge in [0.25, 0.3) is 5.91 Å². The summed E-state index contributed by atoms with van der Waals surface area (Å²) in [5.41, 5.74) is 2.57. The van der Waals surface area contributed by atoms with Crippen molar-refractivity contribution in [3.8, 4) is 5.75 Å². The molecule has 0 saturated carbocycles. The average molecular weight is 527 g/mol. The minimum Gasteiger partial charge on any atom is -0.484 e. The van der Waals surface area contributed by atoms with Crippen LogP contribution >= 0.6 is 23.2 Å². The van der Waals surface area contributed by atoms with Gasteiger partial charge in [0.1, 0.15) is 11.8 Å². The minimum absolute atomic E-state index is 0.181. The summed E-state index contributed by atoms with van der Waals surface area (Å²) in [6.45, 7) is 4.45. The fraction of sp³-hybridized carbons (Fsp3) is 0.310. The molecule has 0 aliphatic heterocycles. The number of halogens is 2. The van der Waals surface area contributed by atoms with Crippen LogP contribution in [0.2, 0.25) is 10.0 Å². The van der Waals surface area contributed by atoms with E-state index in [4.69, 9.17) is 27.9 Å². The molecule has 2 amide bonds. The maximum atomic E-state index is 13.6. The molecule has 0 radical (unpaired) electrons. The molecule has 5 nitrogen and oxygen atoms in total. The van der Waals surface area contributed by atoms with E-state index in [1.165, 1.54) is 0 Å². The Morgan fingerprint density at radius 1 is 0.972 bits per heavy atom. The minimum atomic E-state index is -0.733. The quantitative estimate of drug-likeness (QED) is 0.284. The van der Waals surface area contributed by atoms with Crippen molar-refractivity contribution in [2.45, 2.75) is 45.7 Å². The molecule has 3 aromatic rings. The van der Waals surface area contributed by atoms with E-state index in [0.29, 0.717) is 28.8 Å². The standard InChI is InChI=1S/C29H32Cl2N2O3/c1-3-4-16-32-29(35)27(18-22-10-6-5-7-11-22)33(19-23-12-8-9-13-26(23)31)28(34)20-36-24-14-15-25(30)21(2)17-24/h5-15,17,27H,3-4,16,18-20H2,1-2H3,(H,32,35). The molecule has 0 aliphatic rings. The third kappa shape index (κ3) is 8.00. The van der Waals surface area contributed by atoms with Gasteiger partial charge >= 0.3 is 0 Å². The van der Waals surface area contributed by atoms with Crippen LogP contribution in [0, 0.1) is 6.92 Å². The van der Waals surface area contributed by atoms with E-state index in [1.54, 1.807) is 29.2 Å². The lowest BCUT2D eigenvalue weighted by molar-refractivity contribution is -0.142. The average Bonchev–Trinajstić information content (AvgIpc) is 2.88. The molecule has 0 saturated heterocycles. The predicted molar refractivity (Wildman–Crippen MR) is 146 cm³/mol. The van der Waals surface area contributed by atoms with Crippen LogP contribution in [0.1, 0.15) is 36.5 Å². The lowest BCUT2D eigenvalue weighted by Gasteiger charge is -2.31. The first-order valence-corrected chi connectivity index (χ1v) is 12.9. The van der Waals surface area contributed by atoms with Crippen molar-refractivity contribution in [1.82, 2.24) is 10.2 Å². The number of rotatable bonds is 12. The molecule has 0 spiro atoms. The third-order valence-corrected chi connectivity index (χ3v) is 6.68. The smallest absolute Gasteiger partial charge is 0.261 e. The number of hydrogen-bond acceptors (Lipinski definition) is 3. The highest BCUT2D eigenvalue weighted by Gasteiger charge is 2.31. The summed E-state index contributed by atoms with van der Waals surface area (Å²) in [5.74, 6) is 0.0269. The van der Waals surface area contributed by atoms with Gasteiger partial charge in [0, 0.05) is 29.6 Å². The second kappa shape index (κ2) is 13.9. The second-order valence-corrected chi connectivity index (χ2v) is 9.48. The largest absolute Gasteiger partial charge is 0.484 e. The van der Waals surface area contributed by atoms with Gasteiger partial charge in [-0.3, -0.25) is 9.59 Å². The first kappa shape index (κ1) is 27.6. The molecule has 0 bridgehead atoms. The van der Waals surface area contributed by atoms with Crippen LogP contribution in [-0.4, -0.2) is 35.9 Å². The van der Waals surface area contributed by atoms with Gasteiger partial charge in [-0.05, 0) is 54.3 Å². The topological polar surface area (TPSA) is 58.6 Å². The molecule has 190 valence electrons. The van der Waals surface area contributed by atoms with Crippen LogP contribution in [-0.2, 0) is 22.6 Å². The first-order valence-electron chi connectivity index (χ1n) is 12.1. The lowest BCUT2D eigenvalue weighted by Crippen LogP contribution is -2.51. The zero-order chi connectivity index (χ0) is 25.9. The summed E-state index contributed by atoms with van der Waals surface area (Å²) in [4.78, 5) is 28.6. The van der Waals surface area contributed by atoms with Crippen LogP contribution in [0.5, 0.6) is 5.75 Å². The van der Waals surface area contributed by atoms with Crippen molar-refractivity contribution in [2.24, 2.45) is 0 Å². The van der Waals surface area contributed by atoms with E-state index >= 15 is 0 Å². The van der Waals surface area contributed by atoms with E-state index in [9.17, 15) is 9.59 Å². The highest BCUT2D eigenvalue weighted by Crippen LogP contribution is 2.23. The molecule has 0 aromatic heterocycles. The fourth-order valence-electron chi connectivity index (χ4n) is 3.81. The third-order valence-electron chi connectivity index (χ3n) is 5.89. The SMILES string of the molecule is CCCCNC(=O)C(Cc1ccccc1)N(Cc1ccccc1Cl)C(=O)COc1ccc(Cl)c(C)c1. The van der Waals surface area contributed by atoms with Gasteiger partial charge in [-0.25, -0.2) is 0 Å². The molecule has 36 heavy (non-hydrogen) atoms. The molecule has 1 unspecified atom stereocenters. The number of benzene rings is 3. The number of aryl methyl sites for hydroxylation is 1. The van der Waals surface area contributed by atoms with Gasteiger partial charge in [-0.15, -0.1) is 0 Å². The van der Waals surface area contributed by atoms with Gasteiger partial charge < -0.3 is 15.0 Å². The van der Waals surface area contributed by atoms with E-state index in [0.717, 1.165) is 29.5 Å². The Morgan fingerprint density at radius 3 is 2.39 bits per heavy atom. The van der Waals surface area contributed by atoms with Crippen LogP contribution in [0.15, 0.2) is 72.8 Å². The number of hydrogen-bond donors (Lipinski definition) is 1. The van der Waals surface area contributed by atoms with E-state index in [1.807, 2.05) is 55.5 Å². The molecule has 3 rings (SSSR count). The lowest BCUT2D eigenvalue weighted by atomic mass is 10.0. The molecule has 0 heterocycles. The number of nitrogens with zero attached hydrogens (tertiary/aromatic N) is 1. The van der Waals surface area contributed by atoms with Gasteiger partial charge in [0.15, 0.2) is 6.61 Å². The van der Waals surface area contributed by atoms with Crippen molar-refractivity contribution >= 4 is 35.0 Å². The molecule has 3 aromatic carbocycles. The molecular formula is C29H32Cl2N2O3. The summed E-state index contributed by atoms with van der Waals surface area (Å²) in [7, 11) is 0. The van der Waals surface area contributed by atoms with E-state index in [2.05, 4.69) is 12.2 Å². The summed E-state index contributed by atoms with van der Waals surface area (Å²) in [5, 5.41) is 4.17. The predicted octanol–water partition coefficient (Wildman–Crippen LogP) is 6.24. The van der Waals surface area contributed by atoms with Crippen LogP contribution in [0.25, 0.3) is 0 Å². The molecule has 1 N–H and O–H groups in total. The number of amides is 2. The zero-order valence-electron chi connectivity index (χ0n) is 20.7. The Kier molecular flexibility index (Phi) is 10.6. The number of carbonyl (C=O) groups is 2. The normalized spacial score (nSPS) is 11.6. The molecule has 0 fully saturated rings. The monoisotopic (exact) mass is 526 g/mol. The fourth-order valence-corrected chi connectivity index (χ4v) is 4.12. The Balaban J connectivity index is 1.89. The highest BCUT2D eigenvalue weighted by atomic mass is 35.5.